The Labute approximate surface area is 99.1 Å². The lowest BCUT2D eigenvalue weighted by atomic mass is 10.3. The number of imidazole rings is 1. The lowest BCUT2D eigenvalue weighted by Crippen LogP contribution is -2.06. The highest BCUT2D eigenvalue weighted by atomic mass is 35.5. The number of nitrogens with two attached hydrogens (primary N) is 1. The van der Waals surface area contributed by atoms with Crippen LogP contribution < -0.4 is 5.73 Å². The Kier molecular flexibility index (Phi) is 3.22. The van der Waals surface area contributed by atoms with E-state index in [2.05, 4.69) is 16.9 Å². The Bertz CT molecular complexity index is 492. The molecule has 0 saturated heterocycles. The van der Waals surface area contributed by atoms with Crippen LogP contribution in [-0.2, 0) is 13.0 Å². The molecule has 0 bridgehead atoms. The van der Waals surface area contributed by atoms with Crippen LogP contribution in [0.2, 0.25) is 5.02 Å². The van der Waals surface area contributed by atoms with Crippen LogP contribution in [0, 0.1) is 0 Å². The molecule has 2 aromatic heterocycles. The van der Waals surface area contributed by atoms with E-state index in [0.29, 0.717) is 17.3 Å². The minimum absolute atomic E-state index is 0.336. The van der Waals surface area contributed by atoms with Crippen LogP contribution in [0.3, 0.4) is 0 Å². The van der Waals surface area contributed by atoms with E-state index in [0.717, 1.165) is 18.1 Å². The summed E-state index contributed by atoms with van der Waals surface area (Å²) in [5.41, 5.74) is 6.28. The molecule has 2 heterocycles. The third kappa shape index (κ3) is 1.94. The first kappa shape index (κ1) is 11.1. The van der Waals surface area contributed by atoms with Crippen LogP contribution in [0.1, 0.15) is 18.4 Å². The zero-order chi connectivity index (χ0) is 11.5. The van der Waals surface area contributed by atoms with Crippen molar-refractivity contribution < 1.29 is 0 Å². The monoisotopic (exact) mass is 236 g/mol. The van der Waals surface area contributed by atoms with E-state index in [-0.39, 0.29) is 0 Å². The average Bonchev–Trinajstić information content (AvgIpc) is 2.78. The van der Waals surface area contributed by atoms with Crippen molar-refractivity contribution >= 4 is 11.6 Å². The molecule has 0 amide bonds. The SMILES string of the molecule is CCc1nccn1-c1ccc(Cl)c(CN)n1. The highest BCUT2D eigenvalue weighted by Gasteiger charge is 2.07. The Balaban J connectivity index is 2.48. The van der Waals surface area contributed by atoms with Crippen LogP contribution >= 0.6 is 11.6 Å². The molecular weight excluding hydrogens is 224 g/mol. The van der Waals surface area contributed by atoms with Crippen molar-refractivity contribution in [3.8, 4) is 5.82 Å². The molecule has 0 unspecified atom stereocenters. The van der Waals surface area contributed by atoms with Crippen molar-refractivity contribution in [1.29, 1.82) is 0 Å². The first-order valence-electron chi connectivity index (χ1n) is 5.14. The number of nitrogens with zero attached hydrogens (tertiary/aromatic N) is 3. The molecule has 0 aliphatic rings. The maximum atomic E-state index is 5.96. The second-order valence-corrected chi connectivity index (χ2v) is 3.78. The van der Waals surface area contributed by atoms with E-state index < -0.39 is 0 Å². The van der Waals surface area contributed by atoms with Gasteiger partial charge < -0.3 is 5.73 Å². The molecule has 0 aliphatic heterocycles. The predicted molar refractivity (Wildman–Crippen MR) is 63.6 cm³/mol. The molecule has 84 valence electrons. The van der Waals surface area contributed by atoms with Gasteiger partial charge in [-0.2, -0.15) is 0 Å². The fourth-order valence-corrected chi connectivity index (χ4v) is 1.74. The van der Waals surface area contributed by atoms with Gasteiger partial charge >= 0.3 is 0 Å². The van der Waals surface area contributed by atoms with Crippen molar-refractivity contribution in [3.63, 3.8) is 0 Å². The van der Waals surface area contributed by atoms with Gasteiger partial charge in [0.1, 0.15) is 11.6 Å². The van der Waals surface area contributed by atoms with Gasteiger partial charge in [-0.15, -0.1) is 0 Å². The molecule has 0 aromatic carbocycles. The van der Waals surface area contributed by atoms with Crippen LogP contribution in [0.25, 0.3) is 5.82 Å². The number of hydrogen-bond donors (Lipinski definition) is 1. The van der Waals surface area contributed by atoms with Crippen molar-refractivity contribution in [2.24, 2.45) is 5.73 Å². The molecule has 0 radical (unpaired) electrons. The van der Waals surface area contributed by atoms with Gasteiger partial charge in [0.15, 0.2) is 0 Å². The predicted octanol–water partition coefficient (Wildman–Crippen LogP) is 1.94. The minimum atomic E-state index is 0.336. The minimum Gasteiger partial charge on any atom is -0.325 e. The molecule has 16 heavy (non-hydrogen) atoms. The van der Waals surface area contributed by atoms with Gasteiger partial charge in [-0.05, 0) is 12.1 Å². The quantitative estimate of drug-likeness (QED) is 0.886. The molecule has 2 N–H and O–H groups in total. The van der Waals surface area contributed by atoms with E-state index in [1.165, 1.54) is 0 Å². The molecule has 0 spiro atoms. The Morgan fingerprint density at radius 2 is 2.25 bits per heavy atom. The van der Waals surface area contributed by atoms with Gasteiger partial charge in [0, 0.05) is 25.4 Å². The van der Waals surface area contributed by atoms with E-state index in [1.54, 1.807) is 6.20 Å². The summed E-state index contributed by atoms with van der Waals surface area (Å²) in [6, 6.07) is 3.67. The van der Waals surface area contributed by atoms with Gasteiger partial charge in [0.05, 0.1) is 10.7 Å². The lowest BCUT2D eigenvalue weighted by molar-refractivity contribution is 0.851. The Hall–Kier alpha value is -1.39. The molecular formula is C11H13ClN4. The largest absolute Gasteiger partial charge is 0.325 e. The normalized spacial score (nSPS) is 10.7. The maximum Gasteiger partial charge on any atom is 0.138 e. The molecule has 0 saturated carbocycles. The second-order valence-electron chi connectivity index (χ2n) is 3.37. The number of aryl methyl sites for hydroxylation is 1. The summed E-state index contributed by atoms with van der Waals surface area (Å²) in [5, 5.41) is 0.601. The number of hydrogen-bond acceptors (Lipinski definition) is 3. The summed E-state index contributed by atoms with van der Waals surface area (Å²) in [5.74, 6) is 1.77. The zero-order valence-corrected chi connectivity index (χ0v) is 9.78. The zero-order valence-electron chi connectivity index (χ0n) is 9.02. The molecule has 0 fully saturated rings. The fourth-order valence-electron chi connectivity index (χ4n) is 1.55. The van der Waals surface area contributed by atoms with E-state index >= 15 is 0 Å². The number of halogens is 1. The van der Waals surface area contributed by atoms with Crippen LogP contribution in [0.15, 0.2) is 24.5 Å². The first-order chi connectivity index (χ1) is 7.76. The Morgan fingerprint density at radius 1 is 1.44 bits per heavy atom. The van der Waals surface area contributed by atoms with Gasteiger partial charge in [-0.3, -0.25) is 4.57 Å². The average molecular weight is 237 g/mol. The lowest BCUT2D eigenvalue weighted by Gasteiger charge is -2.08. The summed E-state index contributed by atoms with van der Waals surface area (Å²) in [6.45, 7) is 2.39. The summed E-state index contributed by atoms with van der Waals surface area (Å²) in [7, 11) is 0. The molecule has 4 nitrogen and oxygen atoms in total. The maximum absolute atomic E-state index is 5.96. The first-order valence-corrected chi connectivity index (χ1v) is 5.52. The van der Waals surface area contributed by atoms with E-state index in [4.69, 9.17) is 17.3 Å². The van der Waals surface area contributed by atoms with Crippen molar-refractivity contribution in [3.05, 3.63) is 41.1 Å². The third-order valence-electron chi connectivity index (χ3n) is 2.38. The standard InChI is InChI=1S/C11H13ClN4/c1-2-10-14-5-6-16(10)11-4-3-8(12)9(7-13)15-11/h3-6H,2,7,13H2,1H3. The molecule has 2 aromatic rings. The van der Waals surface area contributed by atoms with E-state index in [9.17, 15) is 0 Å². The van der Waals surface area contributed by atoms with Crippen molar-refractivity contribution in [1.82, 2.24) is 14.5 Å². The van der Waals surface area contributed by atoms with Gasteiger partial charge in [-0.1, -0.05) is 18.5 Å². The molecule has 0 atom stereocenters. The fraction of sp³-hybridized carbons (Fsp3) is 0.273. The highest BCUT2D eigenvalue weighted by molar-refractivity contribution is 6.31. The van der Waals surface area contributed by atoms with Crippen LogP contribution in [0.5, 0.6) is 0 Å². The molecule has 2 rings (SSSR count). The molecule has 5 heteroatoms. The third-order valence-corrected chi connectivity index (χ3v) is 2.72. The number of rotatable bonds is 3. The smallest absolute Gasteiger partial charge is 0.138 e. The van der Waals surface area contributed by atoms with E-state index in [1.807, 2.05) is 22.9 Å². The van der Waals surface area contributed by atoms with Crippen LogP contribution in [0.4, 0.5) is 0 Å². The van der Waals surface area contributed by atoms with Gasteiger partial charge in [0.25, 0.3) is 0 Å². The number of aromatic nitrogens is 3. The van der Waals surface area contributed by atoms with Crippen molar-refractivity contribution in [2.75, 3.05) is 0 Å². The summed E-state index contributed by atoms with van der Waals surface area (Å²) >= 11 is 5.96. The topological polar surface area (TPSA) is 56.7 Å². The van der Waals surface area contributed by atoms with Gasteiger partial charge in [-0.25, -0.2) is 9.97 Å². The van der Waals surface area contributed by atoms with Gasteiger partial charge in [0.2, 0.25) is 0 Å². The Morgan fingerprint density at radius 3 is 2.94 bits per heavy atom. The highest BCUT2D eigenvalue weighted by Crippen LogP contribution is 2.16. The number of pyridine rings is 1. The van der Waals surface area contributed by atoms with Crippen LogP contribution in [-0.4, -0.2) is 14.5 Å². The summed E-state index contributed by atoms with van der Waals surface area (Å²) in [6.07, 6.45) is 4.50. The summed E-state index contributed by atoms with van der Waals surface area (Å²) in [4.78, 5) is 8.66. The summed E-state index contributed by atoms with van der Waals surface area (Å²) < 4.78 is 1.94. The van der Waals surface area contributed by atoms with Crippen molar-refractivity contribution in [2.45, 2.75) is 19.9 Å². The molecule has 0 aliphatic carbocycles. The second kappa shape index (κ2) is 4.63.